The van der Waals surface area contributed by atoms with Gasteiger partial charge in [-0.1, -0.05) is 11.6 Å². The fourth-order valence-corrected chi connectivity index (χ4v) is 2.14. The van der Waals surface area contributed by atoms with Gasteiger partial charge >= 0.3 is 6.18 Å². The van der Waals surface area contributed by atoms with Crippen molar-refractivity contribution in [3.63, 3.8) is 0 Å². The highest BCUT2D eigenvalue weighted by atomic mass is 35.5. The molecule has 1 unspecified atom stereocenters. The molecule has 1 N–H and O–H groups in total. The molecule has 0 spiro atoms. The topological polar surface area (TPSA) is 38.3 Å². The largest absolute Gasteiger partial charge is 0.416 e. The Kier molecular flexibility index (Phi) is 4.55. The zero-order valence-corrected chi connectivity index (χ0v) is 11.2. The molecule has 1 heterocycles. The summed E-state index contributed by atoms with van der Waals surface area (Å²) >= 11 is 5.82. The van der Waals surface area contributed by atoms with Gasteiger partial charge in [0.05, 0.1) is 28.8 Å². The van der Waals surface area contributed by atoms with E-state index in [1.807, 2.05) is 0 Å². The molecule has 0 saturated carbocycles. The van der Waals surface area contributed by atoms with Gasteiger partial charge in [-0.2, -0.15) is 13.2 Å². The lowest BCUT2D eigenvalue weighted by molar-refractivity contribution is -0.137. The molecule has 1 saturated heterocycles. The van der Waals surface area contributed by atoms with E-state index in [1.54, 1.807) is 0 Å². The summed E-state index contributed by atoms with van der Waals surface area (Å²) in [6.07, 6.45) is -3.06. The monoisotopic (exact) mass is 307 g/mol. The van der Waals surface area contributed by atoms with Crippen LogP contribution in [0.3, 0.4) is 0 Å². The van der Waals surface area contributed by atoms with Gasteiger partial charge in [-0.3, -0.25) is 4.79 Å². The van der Waals surface area contributed by atoms with Crippen LogP contribution in [0.5, 0.6) is 0 Å². The smallest absolute Gasteiger partial charge is 0.381 e. The summed E-state index contributed by atoms with van der Waals surface area (Å²) in [5.74, 6) is -0.722. The van der Waals surface area contributed by atoms with Crippen LogP contribution in [-0.2, 0) is 15.7 Å². The van der Waals surface area contributed by atoms with Crippen molar-refractivity contribution in [2.75, 3.05) is 18.5 Å². The lowest BCUT2D eigenvalue weighted by Crippen LogP contribution is -2.30. The second kappa shape index (κ2) is 6.01. The van der Waals surface area contributed by atoms with E-state index in [0.29, 0.717) is 13.0 Å². The third-order valence-electron chi connectivity index (χ3n) is 3.08. The van der Waals surface area contributed by atoms with Gasteiger partial charge in [-0.05, 0) is 31.0 Å². The maximum atomic E-state index is 12.6. The Labute approximate surface area is 119 Å². The average Bonchev–Trinajstić information content (AvgIpc) is 2.41. The van der Waals surface area contributed by atoms with Crippen LogP contribution < -0.4 is 5.32 Å². The van der Waals surface area contributed by atoms with Gasteiger partial charge < -0.3 is 10.1 Å². The van der Waals surface area contributed by atoms with Crippen molar-refractivity contribution in [1.82, 2.24) is 0 Å². The molecule has 0 aliphatic carbocycles. The Bertz CT molecular complexity index is 499. The molecule has 1 atom stereocenters. The normalized spacial score (nSPS) is 19.7. The van der Waals surface area contributed by atoms with Crippen LogP contribution in [0.25, 0.3) is 0 Å². The average molecular weight is 308 g/mol. The maximum absolute atomic E-state index is 12.6. The molecule has 1 aromatic carbocycles. The minimum atomic E-state index is -4.47. The number of carbonyl (C=O) groups excluding carboxylic acids is 1. The highest BCUT2D eigenvalue weighted by molar-refractivity contribution is 6.33. The van der Waals surface area contributed by atoms with Gasteiger partial charge in [0.2, 0.25) is 5.91 Å². The predicted molar refractivity (Wildman–Crippen MR) is 68.6 cm³/mol. The highest BCUT2D eigenvalue weighted by Gasteiger charge is 2.31. The quantitative estimate of drug-likeness (QED) is 0.904. The SMILES string of the molecule is O=C(Nc1cc(C(F)(F)F)ccc1Cl)C1CCCOC1. The third kappa shape index (κ3) is 3.64. The van der Waals surface area contributed by atoms with Crippen molar-refractivity contribution >= 4 is 23.2 Å². The van der Waals surface area contributed by atoms with Crippen molar-refractivity contribution in [3.05, 3.63) is 28.8 Å². The third-order valence-corrected chi connectivity index (χ3v) is 3.41. The Balaban J connectivity index is 2.13. The molecule has 1 amide bonds. The van der Waals surface area contributed by atoms with Crippen LogP contribution >= 0.6 is 11.6 Å². The molecule has 2 rings (SSSR count). The number of halogens is 4. The molecule has 7 heteroatoms. The van der Waals surface area contributed by atoms with E-state index < -0.39 is 11.7 Å². The van der Waals surface area contributed by atoms with Gasteiger partial charge in [-0.15, -0.1) is 0 Å². The molecular weight excluding hydrogens is 295 g/mol. The first-order valence-corrected chi connectivity index (χ1v) is 6.51. The van der Waals surface area contributed by atoms with E-state index in [0.717, 1.165) is 24.6 Å². The molecule has 0 aromatic heterocycles. The number of hydrogen-bond acceptors (Lipinski definition) is 2. The van der Waals surface area contributed by atoms with E-state index in [9.17, 15) is 18.0 Å². The van der Waals surface area contributed by atoms with Gasteiger partial charge in [-0.25, -0.2) is 0 Å². The summed E-state index contributed by atoms with van der Waals surface area (Å²) in [7, 11) is 0. The number of amides is 1. The number of nitrogens with one attached hydrogen (secondary N) is 1. The summed E-state index contributed by atoms with van der Waals surface area (Å²) in [6.45, 7) is 0.885. The number of hydrogen-bond donors (Lipinski definition) is 1. The van der Waals surface area contributed by atoms with Crippen LogP contribution in [-0.4, -0.2) is 19.1 Å². The molecule has 110 valence electrons. The standard InChI is InChI=1S/C13H13ClF3NO2/c14-10-4-3-9(13(15,16)17)6-11(10)18-12(19)8-2-1-5-20-7-8/h3-4,6,8H,1-2,5,7H2,(H,18,19). The number of ether oxygens (including phenoxy) is 1. The van der Waals surface area contributed by atoms with Crippen LogP contribution in [0.4, 0.5) is 18.9 Å². The first-order chi connectivity index (χ1) is 9.38. The minimum absolute atomic E-state index is 0.0305. The van der Waals surface area contributed by atoms with Crippen molar-refractivity contribution in [3.8, 4) is 0 Å². The summed E-state index contributed by atoms with van der Waals surface area (Å²) in [5, 5.41) is 2.51. The van der Waals surface area contributed by atoms with Gasteiger partial charge in [0, 0.05) is 6.61 Å². The molecule has 0 radical (unpaired) electrons. The Morgan fingerprint density at radius 1 is 1.40 bits per heavy atom. The molecular formula is C13H13ClF3NO2. The van der Waals surface area contributed by atoms with E-state index in [-0.39, 0.29) is 29.1 Å². The van der Waals surface area contributed by atoms with Crippen LogP contribution in [0.1, 0.15) is 18.4 Å². The lowest BCUT2D eigenvalue weighted by Gasteiger charge is -2.21. The Morgan fingerprint density at radius 2 is 2.15 bits per heavy atom. The van der Waals surface area contributed by atoms with Gasteiger partial charge in [0.25, 0.3) is 0 Å². The first-order valence-electron chi connectivity index (χ1n) is 6.13. The Morgan fingerprint density at radius 3 is 2.75 bits per heavy atom. The first kappa shape index (κ1) is 15.1. The Hall–Kier alpha value is -1.27. The number of rotatable bonds is 2. The van der Waals surface area contributed by atoms with Gasteiger partial charge in [0.15, 0.2) is 0 Å². The number of benzene rings is 1. The zero-order chi connectivity index (χ0) is 14.8. The minimum Gasteiger partial charge on any atom is -0.381 e. The molecule has 1 fully saturated rings. The second-order valence-electron chi connectivity index (χ2n) is 4.60. The molecule has 1 aromatic rings. The van der Waals surface area contributed by atoms with Gasteiger partial charge in [0.1, 0.15) is 0 Å². The van der Waals surface area contributed by atoms with Crippen molar-refractivity contribution in [2.45, 2.75) is 19.0 Å². The van der Waals surface area contributed by atoms with Crippen LogP contribution in [0.15, 0.2) is 18.2 Å². The lowest BCUT2D eigenvalue weighted by atomic mass is 10.0. The summed E-state index contributed by atoms with van der Waals surface area (Å²) in [6, 6.07) is 2.84. The highest BCUT2D eigenvalue weighted by Crippen LogP contribution is 2.34. The molecule has 3 nitrogen and oxygen atoms in total. The predicted octanol–water partition coefficient (Wildman–Crippen LogP) is 3.72. The summed E-state index contributed by atoms with van der Waals surface area (Å²) in [5.41, 5.74) is -0.880. The van der Waals surface area contributed by atoms with Crippen LogP contribution in [0.2, 0.25) is 5.02 Å². The van der Waals surface area contributed by atoms with Crippen LogP contribution in [0, 0.1) is 5.92 Å². The fourth-order valence-electron chi connectivity index (χ4n) is 1.98. The molecule has 1 aliphatic rings. The molecule has 0 bridgehead atoms. The zero-order valence-electron chi connectivity index (χ0n) is 10.5. The van der Waals surface area contributed by atoms with Crippen molar-refractivity contribution < 1.29 is 22.7 Å². The van der Waals surface area contributed by atoms with Crippen molar-refractivity contribution in [2.24, 2.45) is 5.92 Å². The van der Waals surface area contributed by atoms with Crippen molar-refractivity contribution in [1.29, 1.82) is 0 Å². The number of anilines is 1. The number of carbonyl (C=O) groups is 1. The summed E-state index contributed by atoms with van der Waals surface area (Å²) < 4.78 is 43.0. The maximum Gasteiger partial charge on any atom is 0.416 e. The second-order valence-corrected chi connectivity index (χ2v) is 5.00. The fraction of sp³-hybridized carbons (Fsp3) is 0.462. The molecule has 1 aliphatic heterocycles. The van der Waals surface area contributed by atoms with E-state index in [2.05, 4.69) is 5.32 Å². The van der Waals surface area contributed by atoms with E-state index in [4.69, 9.17) is 16.3 Å². The summed E-state index contributed by atoms with van der Waals surface area (Å²) in [4.78, 5) is 11.9. The number of alkyl halides is 3. The molecule has 20 heavy (non-hydrogen) atoms. The van der Waals surface area contributed by atoms with E-state index in [1.165, 1.54) is 0 Å². The van der Waals surface area contributed by atoms with E-state index >= 15 is 0 Å².